The summed E-state index contributed by atoms with van der Waals surface area (Å²) in [7, 11) is -4.00. The average molecular weight is 458 g/mol. The van der Waals surface area contributed by atoms with Crippen molar-refractivity contribution in [3.63, 3.8) is 0 Å². The number of amides is 1. The lowest BCUT2D eigenvalue weighted by molar-refractivity contribution is 0.0938. The maximum Gasteiger partial charge on any atom is 0.261 e. The lowest BCUT2D eigenvalue weighted by atomic mass is 10.1. The third kappa shape index (κ3) is 4.26. The van der Waals surface area contributed by atoms with Crippen LogP contribution in [0.2, 0.25) is 0 Å². The summed E-state index contributed by atoms with van der Waals surface area (Å²) in [6.07, 6.45) is 2.05. The molecule has 1 aliphatic heterocycles. The molecular weight excluding hydrogens is 434 g/mol. The number of aromatic amines is 1. The third-order valence-corrected chi connectivity index (χ3v) is 6.57. The molecular formula is C22H23N3O6S. The Balaban J connectivity index is 1.67. The van der Waals surface area contributed by atoms with Gasteiger partial charge in [-0.05, 0) is 43.7 Å². The molecule has 9 nitrogen and oxygen atoms in total. The topological polar surface area (TPSA) is 127 Å². The summed E-state index contributed by atoms with van der Waals surface area (Å²) in [6, 6.07) is 8.77. The van der Waals surface area contributed by atoms with Crippen molar-refractivity contribution in [1.82, 2.24) is 10.3 Å². The van der Waals surface area contributed by atoms with Crippen LogP contribution in [0.1, 0.15) is 30.6 Å². The van der Waals surface area contributed by atoms with Crippen molar-refractivity contribution in [2.45, 2.75) is 31.2 Å². The molecule has 3 aromatic rings. The fourth-order valence-corrected chi connectivity index (χ4v) is 4.33. The molecule has 0 fully saturated rings. The Hall–Kier alpha value is -3.53. The second-order valence-electron chi connectivity index (χ2n) is 7.49. The number of nitrogens with one attached hydrogen (secondary N) is 3. The van der Waals surface area contributed by atoms with Crippen molar-refractivity contribution in [2.24, 2.45) is 0 Å². The number of benzene rings is 2. The first kappa shape index (κ1) is 21.7. The number of rotatable bonds is 6. The summed E-state index contributed by atoms with van der Waals surface area (Å²) in [4.78, 5) is 28.1. The van der Waals surface area contributed by atoms with Gasteiger partial charge < -0.3 is 19.8 Å². The molecule has 4 rings (SSSR count). The number of hydrogen-bond donors (Lipinski definition) is 3. The molecule has 0 saturated heterocycles. The van der Waals surface area contributed by atoms with Crippen LogP contribution in [0.4, 0.5) is 5.69 Å². The van der Waals surface area contributed by atoms with Crippen LogP contribution in [-0.2, 0) is 10.0 Å². The summed E-state index contributed by atoms with van der Waals surface area (Å²) in [5.74, 6) is 0.480. The Bertz CT molecular complexity index is 1350. The Morgan fingerprint density at radius 3 is 2.62 bits per heavy atom. The summed E-state index contributed by atoms with van der Waals surface area (Å²) < 4.78 is 39.3. The normalized spacial score (nSPS) is 14.1. The van der Waals surface area contributed by atoms with E-state index in [0.29, 0.717) is 42.3 Å². The van der Waals surface area contributed by atoms with Crippen LogP contribution in [0.25, 0.3) is 10.9 Å². The predicted octanol–water partition coefficient (Wildman–Crippen LogP) is 2.63. The zero-order valence-corrected chi connectivity index (χ0v) is 18.4. The highest BCUT2D eigenvalue weighted by Crippen LogP contribution is 2.33. The number of ether oxygens (including phenoxy) is 2. The van der Waals surface area contributed by atoms with Crippen molar-refractivity contribution < 1.29 is 22.7 Å². The number of pyridine rings is 1. The number of hydrogen-bond acceptors (Lipinski definition) is 6. The zero-order valence-electron chi connectivity index (χ0n) is 17.6. The molecule has 2 heterocycles. The van der Waals surface area contributed by atoms with Crippen molar-refractivity contribution in [3.8, 4) is 11.5 Å². The number of anilines is 1. The molecule has 0 saturated carbocycles. The standard InChI is InChI=1S/C22H23N3O6S/c1-3-13(2)24-22(27)17-12-23-18-6-5-15(11-16(18)21(17)26)32(28,29)25-14-4-7-19-20(10-14)31-9-8-30-19/h4-7,10-13,25H,3,8-9H2,1-2H3,(H,23,26)(H,24,27)/t13-/m1/s1. The predicted molar refractivity (Wildman–Crippen MR) is 120 cm³/mol. The molecule has 0 unspecified atom stereocenters. The van der Waals surface area contributed by atoms with E-state index >= 15 is 0 Å². The van der Waals surface area contributed by atoms with E-state index in [1.807, 2.05) is 13.8 Å². The van der Waals surface area contributed by atoms with E-state index in [0.717, 1.165) is 0 Å². The zero-order chi connectivity index (χ0) is 22.9. The molecule has 0 spiro atoms. The smallest absolute Gasteiger partial charge is 0.261 e. The Labute approximate surface area is 184 Å². The highest BCUT2D eigenvalue weighted by atomic mass is 32.2. The first-order valence-electron chi connectivity index (χ1n) is 10.2. The monoisotopic (exact) mass is 457 g/mol. The number of fused-ring (bicyclic) bond motifs is 2. The van der Waals surface area contributed by atoms with E-state index in [9.17, 15) is 18.0 Å². The summed E-state index contributed by atoms with van der Waals surface area (Å²) in [6.45, 7) is 4.56. The van der Waals surface area contributed by atoms with Gasteiger partial charge in [0.25, 0.3) is 15.9 Å². The van der Waals surface area contributed by atoms with Crippen LogP contribution in [-0.4, -0.2) is 38.6 Å². The minimum Gasteiger partial charge on any atom is -0.486 e. The van der Waals surface area contributed by atoms with E-state index in [-0.39, 0.29) is 21.9 Å². The van der Waals surface area contributed by atoms with Gasteiger partial charge in [0.2, 0.25) is 5.43 Å². The van der Waals surface area contributed by atoms with Crippen LogP contribution in [0.15, 0.2) is 52.3 Å². The van der Waals surface area contributed by atoms with Crippen molar-refractivity contribution in [3.05, 3.63) is 58.4 Å². The lowest BCUT2D eigenvalue weighted by Crippen LogP contribution is -2.35. The van der Waals surface area contributed by atoms with Gasteiger partial charge in [0.15, 0.2) is 11.5 Å². The lowest BCUT2D eigenvalue weighted by Gasteiger charge is -2.19. The van der Waals surface area contributed by atoms with Crippen LogP contribution in [0.5, 0.6) is 11.5 Å². The number of aromatic nitrogens is 1. The molecule has 168 valence electrons. The van der Waals surface area contributed by atoms with Crippen LogP contribution in [0.3, 0.4) is 0 Å². The maximum absolute atomic E-state index is 13.0. The third-order valence-electron chi connectivity index (χ3n) is 5.19. The Morgan fingerprint density at radius 1 is 1.12 bits per heavy atom. The van der Waals surface area contributed by atoms with E-state index in [1.165, 1.54) is 30.5 Å². The maximum atomic E-state index is 13.0. The minimum absolute atomic E-state index is 0.0767. The van der Waals surface area contributed by atoms with Gasteiger partial charge in [0.05, 0.1) is 10.6 Å². The highest BCUT2D eigenvalue weighted by molar-refractivity contribution is 7.92. The van der Waals surface area contributed by atoms with Crippen LogP contribution >= 0.6 is 0 Å². The van der Waals surface area contributed by atoms with Gasteiger partial charge in [0.1, 0.15) is 18.8 Å². The molecule has 1 amide bonds. The highest BCUT2D eigenvalue weighted by Gasteiger charge is 2.20. The molecule has 1 atom stereocenters. The van der Waals surface area contributed by atoms with E-state index in [1.54, 1.807) is 12.1 Å². The molecule has 0 bridgehead atoms. The number of carbonyl (C=O) groups is 1. The fraction of sp³-hybridized carbons (Fsp3) is 0.273. The number of carbonyl (C=O) groups excluding carboxylic acids is 1. The van der Waals surface area contributed by atoms with Gasteiger partial charge in [0, 0.05) is 29.2 Å². The van der Waals surface area contributed by atoms with Gasteiger partial charge in [-0.1, -0.05) is 6.92 Å². The average Bonchev–Trinajstić information content (AvgIpc) is 2.78. The van der Waals surface area contributed by atoms with Gasteiger partial charge in [-0.15, -0.1) is 0 Å². The quantitative estimate of drug-likeness (QED) is 0.522. The largest absolute Gasteiger partial charge is 0.486 e. The van der Waals surface area contributed by atoms with Crippen molar-refractivity contribution in [1.29, 1.82) is 0 Å². The second kappa shape index (κ2) is 8.54. The van der Waals surface area contributed by atoms with E-state index < -0.39 is 21.4 Å². The molecule has 2 aromatic carbocycles. The molecule has 0 radical (unpaired) electrons. The Kier molecular flexibility index (Phi) is 5.79. The second-order valence-corrected chi connectivity index (χ2v) is 9.17. The van der Waals surface area contributed by atoms with E-state index in [4.69, 9.17) is 9.47 Å². The van der Waals surface area contributed by atoms with Crippen molar-refractivity contribution in [2.75, 3.05) is 17.9 Å². The van der Waals surface area contributed by atoms with Gasteiger partial charge in [-0.25, -0.2) is 8.42 Å². The first-order chi connectivity index (χ1) is 15.3. The molecule has 0 aliphatic carbocycles. The fourth-order valence-electron chi connectivity index (χ4n) is 3.26. The van der Waals surface area contributed by atoms with Gasteiger partial charge >= 0.3 is 0 Å². The number of H-pyrrole nitrogens is 1. The molecule has 3 N–H and O–H groups in total. The SMILES string of the molecule is CC[C@@H](C)NC(=O)c1c[nH]c2ccc(S(=O)(=O)Nc3ccc4c(c3)OCCO4)cc2c1=O. The molecule has 1 aliphatic rings. The molecule has 1 aromatic heterocycles. The summed E-state index contributed by atoms with van der Waals surface area (Å²) >= 11 is 0. The molecule has 32 heavy (non-hydrogen) atoms. The van der Waals surface area contributed by atoms with Crippen molar-refractivity contribution >= 4 is 32.5 Å². The van der Waals surface area contributed by atoms with Gasteiger partial charge in [-0.2, -0.15) is 0 Å². The summed E-state index contributed by atoms with van der Waals surface area (Å²) in [5, 5.41) is 2.85. The van der Waals surface area contributed by atoms with Crippen LogP contribution < -0.4 is 24.9 Å². The van der Waals surface area contributed by atoms with E-state index in [2.05, 4.69) is 15.0 Å². The van der Waals surface area contributed by atoms with Gasteiger partial charge in [-0.3, -0.25) is 14.3 Å². The minimum atomic E-state index is -4.00. The first-order valence-corrected chi connectivity index (χ1v) is 11.7. The summed E-state index contributed by atoms with van der Waals surface area (Å²) in [5.41, 5.74) is 0.0985. The number of sulfonamides is 1. The van der Waals surface area contributed by atoms with Crippen LogP contribution in [0, 0.1) is 0 Å². The Morgan fingerprint density at radius 2 is 1.88 bits per heavy atom. The molecule has 10 heteroatoms.